The second kappa shape index (κ2) is 4.11. The van der Waals surface area contributed by atoms with Crippen LogP contribution in [0.1, 0.15) is 21.9 Å². The van der Waals surface area contributed by atoms with Gasteiger partial charge in [-0.1, -0.05) is 6.07 Å². The van der Waals surface area contributed by atoms with E-state index in [2.05, 4.69) is 4.98 Å². The van der Waals surface area contributed by atoms with Crippen molar-refractivity contribution in [3.63, 3.8) is 0 Å². The summed E-state index contributed by atoms with van der Waals surface area (Å²) < 4.78 is 5.35. The van der Waals surface area contributed by atoms with E-state index in [-0.39, 0.29) is 5.78 Å². The number of carbonyl (C=O) groups excluding carboxylic acids is 1. The maximum atomic E-state index is 12.2. The summed E-state index contributed by atoms with van der Waals surface area (Å²) in [5.74, 6) is 1.00. The van der Waals surface area contributed by atoms with E-state index in [0.717, 1.165) is 16.7 Å². The van der Waals surface area contributed by atoms with Crippen LogP contribution in [-0.4, -0.2) is 10.8 Å². The number of hydrogen-bond acceptors (Lipinski definition) is 3. The smallest absolute Gasteiger partial charge is 0.228 e. The fourth-order valence-electron chi connectivity index (χ4n) is 1.92. The zero-order valence-corrected chi connectivity index (χ0v) is 9.88. The van der Waals surface area contributed by atoms with Crippen LogP contribution in [0.4, 0.5) is 0 Å². The Balaban J connectivity index is 2.06. The summed E-state index contributed by atoms with van der Waals surface area (Å²) in [5, 5.41) is 0.951. The molecule has 0 atom stereocenters. The number of pyridine rings is 1. The number of fused-ring (bicyclic) bond motifs is 1. The molecular formula is C15H11NO2. The van der Waals surface area contributed by atoms with Crippen LogP contribution >= 0.6 is 0 Å². The predicted octanol–water partition coefficient (Wildman–Crippen LogP) is 3.37. The Morgan fingerprint density at radius 1 is 1.17 bits per heavy atom. The highest BCUT2D eigenvalue weighted by molar-refractivity contribution is 6.08. The van der Waals surface area contributed by atoms with Gasteiger partial charge in [0.25, 0.3) is 0 Å². The van der Waals surface area contributed by atoms with Gasteiger partial charge >= 0.3 is 0 Å². The average Bonchev–Trinajstić information content (AvgIpc) is 2.84. The van der Waals surface area contributed by atoms with Crippen LogP contribution in [0.15, 0.2) is 53.1 Å². The standard InChI is InChI=1S/C15H11NO2/c1-10-4-7-14(18-10)15(17)12-5-6-13-11(9-12)3-2-8-16-13/h2-9H,1H3. The molecule has 3 heteroatoms. The molecule has 3 rings (SSSR count). The quantitative estimate of drug-likeness (QED) is 0.642. The molecule has 3 aromatic rings. The first-order valence-corrected chi connectivity index (χ1v) is 5.70. The van der Waals surface area contributed by atoms with E-state index in [4.69, 9.17) is 4.42 Å². The predicted molar refractivity (Wildman–Crippen MR) is 68.6 cm³/mol. The van der Waals surface area contributed by atoms with Crippen molar-refractivity contribution >= 4 is 16.7 Å². The lowest BCUT2D eigenvalue weighted by Gasteiger charge is -2.00. The van der Waals surface area contributed by atoms with Gasteiger partial charge in [-0.15, -0.1) is 0 Å². The fraction of sp³-hybridized carbons (Fsp3) is 0.0667. The van der Waals surface area contributed by atoms with Crippen LogP contribution in [-0.2, 0) is 0 Å². The first-order chi connectivity index (χ1) is 8.74. The molecule has 2 aromatic heterocycles. The van der Waals surface area contributed by atoms with E-state index in [1.807, 2.05) is 31.2 Å². The Morgan fingerprint density at radius 2 is 2.06 bits per heavy atom. The summed E-state index contributed by atoms with van der Waals surface area (Å²) in [7, 11) is 0. The topological polar surface area (TPSA) is 43.1 Å². The van der Waals surface area contributed by atoms with Crippen molar-refractivity contribution in [3.8, 4) is 0 Å². The molecule has 0 radical (unpaired) electrons. The number of rotatable bonds is 2. The van der Waals surface area contributed by atoms with E-state index in [1.165, 1.54) is 0 Å². The van der Waals surface area contributed by atoms with E-state index >= 15 is 0 Å². The molecule has 0 N–H and O–H groups in total. The van der Waals surface area contributed by atoms with Gasteiger partial charge in [0.1, 0.15) is 5.76 Å². The number of carbonyl (C=O) groups is 1. The Hall–Kier alpha value is -2.42. The molecule has 0 saturated carbocycles. The molecule has 0 spiro atoms. The fourth-order valence-corrected chi connectivity index (χ4v) is 1.92. The summed E-state index contributed by atoms with van der Waals surface area (Å²) in [5.41, 5.74) is 1.49. The van der Waals surface area contributed by atoms with Gasteiger partial charge in [-0.2, -0.15) is 0 Å². The van der Waals surface area contributed by atoms with Crippen LogP contribution in [0.2, 0.25) is 0 Å². The third kappa shape index (κ3) is 1.80. The number of nitrogens with zero attached hydrogens (tertiary/aromatic N) is 1. The molecular weight excluding hydrogens is 226 g/mol. The highest BCUT2D eigenvalue weighted by Crippen LogP contribution is 2.17. The number of aromatic nitrogens is 1. The Bertz CT molecular complexity index is 728. The number of benzene rings is 1. The van der Waals surface area contributed by atoms with Gasteiger partial charge in [-0.05, 0) is 43.3 Å². The minimum Gasteiger partial charge on any atom is -0.458 e. The monoisotopic (exact) mass is 237 g/mol. The van der Waals surface area contributed by atoms with Crippen molar-refractivity contribution in [1.29, 1.82) is 0 Å². The molecule has 0 aliphatic rings. The summed E-state index contributed by atoms with van der Waals surface area (Å²) in [6.45, 7) is 1.82. The highest BCUT2D eigenvalue weighted by Gasteiger charge is 2.13. The molecule has 0 saturated heterocycles. The van der Waals surface area contributed by atoms with Crippen LogP contribution in [0, 0.1) is 6.92 Å². The molecule has 0 bridgehead atoms. The van der Waals surface area contributed by atoms with E-state index in [0.29, 0.717) is 11.3 Å². The van der Waals surface area contributed by atoms with Gasteiger partial charge in [-0.25, -0.2) is 0 Å². The van der Waals surface area contributed by atoms with Crippen molar-refractivity contribution in [2.24, 2.45) is 0 Å². The van der Waals surface area contributed by atoms with Crippen molar-refractivity contribution in [2.45, 2.75) is 6.92 Å². The molecule has 0 unspecified atom stereocenters. The third-order valence-corrected chi connectivity index (χ3v) is 2.83. The summed E-state index contributed by atoms with van der Waals surface area (Å²) >= 11 is 0. The lowest BCUT2D eigenvalue weighted by Crippen LogP contribution is -1.99. The molecule has 2 heterocycles. The van der Waals surface area contributed by atoms with Crippen LogP contribution in [0.3, 0.4) is 0 Å². The zero-order valence-electron chi connectivity index (χ0n) is 9.88. The lowest BCUT2D eigenvalue weighted by molar-refractivity contribution is 0.101. The SMILES string of the molecule is Cc1ccc(C(=O)c2ccc3ncccc3c2)o1. The van der Waals surface area contributed by atoms with Gasteiger partial charge in [0, 0.05) is 17.1 Å². The molecule has 0 aliphatic carbocycles. The van der Waals surface area contributed by atoms with Gasteiger partial charge in [-0.3, -0.25) is 9.78 Å². The summed E-state index contributed by atoms with van der Waals surface area (Å²) in [4.78, 5) is 16.4. The third-order valence-electron chi connectivity index (χ3n) is 2.83. The van der Waals surface area contributed by atoms with Gasteiger partial charge < -0.3 is 4.42 Å². The number of hydrogen-bond donors (Lipinski definition) is 0. The second-order valence-electron chi connectivity index (χ2n) is 4.15. The van der Waals surface area contributed by atoms with E-state index in [9.17, 15) is 4.79 Å². The Labute approximate surface area is 104 Å². The van der Waals surface area contributed by atoms with Crippen LogP contribution in [0.25, 0.3) is 10.9 Å². The van der Waals surface area contributed by atoms with Crippen molar-refractivity contribution in [1.82, 2.24) is 4.98 Å². The number of ketones is 1. The van der Waals surface area contributed by atoms with Crippen molar-refractivity contribution < 1.29 is 9.21 Å². The molecule has 88 valence electrons. The van der Waals surface area contributed by atoms with E-state index < -0.39 is 0 Å². The normalized spacial score (nSPS) is 10.7. The van der Waals surface area contributed by atoms with Gasteiger partial charge in [0.15, 0.2) is 5.76 Å². The number of aryl methyl sites for hydroxylation is 1. The maximum absolute atomic E-state index is 12.2. The molecule has 0 fully saturated rings. The van der Waals surface area contributed by atoms with Gasteiger partial charge in [0.05, 0.1) is 5.52 Å². The summed E-state index contributed by atoms with van der Waals surface area (Å²) in [6.07, 6.45) is 1.74. The molecule has 3 nitrogen and oxygen atoms in total. The highest BCUT2D eigenvalue weighted by atomic mass is 16.3. The molecule has 0 aliphatic heterocycles. The van der Waals surface area contributed by atoms with Crippen molar-refractivity contribution in [2.75, 3.05) is 0 Å². The summed E-state index contributed by atoms with van der Waals surface area (Å²) in [6, 6.07) is 12.7. The molecule has 18 heavy (non-hydrogen) atoms. The lowest BCUT2D eigenvalue weighted by atomic mass is 10.1. The molecule has 0 amide bonds. The largest absolute Gasteiger partial charge is 0.458 e. The van der Waals surface area contributed by atoms with E-state index in [1.54, 1.807) is 24.4 Å². The minimum absolute atomic E-state index is 0.103. The maximum Gasteiger partial charge on any atom is 0.228 e. The first kappa shape index (κ1) is 10.7. The molecule has 1 aromatic carbocycles. The first-order valence-electron chi connectivity index (χ1n) is 5.70. The Kier molecular flexibility index (Phi) is 2.45. The van der Waals surface area contributed by atoms with Crippen molar-refractivity contribution in [3.05, 3.63) is 65.7 Å². The average molecular weight is 237 g/mol. The van der Waals surface area contributed by atoms with Crippen LogP contribution < -0.4 is 0 Å². The Morgan fingerprint density at radius 3 is 2.83 bits per heavy atom. The second-order valence-corrected chi connectivity index (χ2v) is 4.15. The zero-order chi connectivity index (χ0) is 12.5. The van der Waals surface area contributed by atoms with Gasteiger partial charge in [0.2, 0.25) is 5.78 Å². The number of furan rings is 1. The minimum atomic E-state index is -0.103. The van der Waals surface area contributed by atoms with Crippen LogP contribution in [0.5, 0.6) is 0 Å².